The minimum atomic E-state index is -3.14. The lowest BCUT2D eigenvalue weighted by molar-refractivity contribution is 0.0423. The molecular weight excluding hydrogens is 336 g/mol. The third-order valence-electron chi connectivity index (χ3n) is 5.31. The summed E-state index contributed by atoms with van der Waals surface area (Å²) in [5.41, 5.74) is 0. The summed E-state index contributed by atoms with van der Waals surface area (Å²) in [7, 11) is -3.14. The van der Waals surface area contributed by atoms with Crippen LogP contribution in [-0.4, -0.2) is 76.5 Å². The normalized spacial score (nSPS) is 21.4. The molecule has 25 heavy (non-hydrogen) atoms. The smallest absolute Gasteiger partial charge is 0.178 e. The van der Waals surface area contributed by atoms with Gasteiger partial charge in [0, 0.05) is 45.9 Å². The fourth-order valence-electron chi connectivity index (χ4n) is 3.71. The lowest BCUT2D eigenvalue weighted by Crippen LogP contribution is -2.48. The topological polar surface area (TPSA) is 49.9 Å². The van der Waals surface area contributed by atoms with Crippen LogP contribution in [0.1, 0.15) is 19.3 Å². The van der Waals surface area contributed by atoms with Crippen LogP contribution in [0.3, 0.4) is 0 Å². The molecule has 2 fully saturated rings. The van der Waals surface area contributed by atoms with E-state index in [1.807, 2.05) is 6.07 Å². The first-order chi connectivity index (χ1) is 12.1. The number of rotatable bonds is 7. The Morgan fingerprint density at radius 2 is 1.60 bits per heavy atom. The minimum absolute atomic E-state index is 0.235. The molecule has 0 atom stereocenters. The third kappa shape index (κ3) is 5.78. The Labute approximate surface area is 151 Å². The average Bonchev–Trinajstić information content (AvgIpc) is 2.65. The van der Waals surface area contributed by atoms with E-state index in [0.29, 0.717) is 11.3 Å². The van der Waals surface area contributed by atoms with Crippen LogP contribution in [0.5, 0.6) is 0 Å². The van der Waals surface area contributed by atoms with Crippen LogP contribution in [0.2, 0.25) is 0 Å². The average molecular weight is 367 g/mol. The number of hydrogen-bond acceptors (Lipinski definition) is 5. The Kier molecular flexibility index (Phi) is 6.87. The monoisotopic (exact) mass is 366 g/mol. The van der Waals surface area contributed by atoms with Crippen molar-refractivity contribution in [2.24, 2.45) is 5.92 Å². The summed E-state index contributed by atoms with van der Waals surface area (Å²) in [5.74, 6) is 1.02. The molecule has 2 heterocycles. The first-order valence-corrected chi connectivity index (χ1v) is 11.1. The summed E-state index contributed by atoms with van der Waals surface area (Å²) in [6.07, 6.45) is 3.09. The molecule has 6 heteroatoms. The molecule has 0 aliphatic carbocycles. The summed E-state index contributed by atoms with van der Waals surface area (Å²) in [5, 5.41) is 0. The first-order valence-electron chi connectivity index (χ1n) is 9.44. The minimum Gasteiger partial charge on any atom is -0.381 e. The van der Waals surface area contributed by atoms with Gasteiger partial charge in [0.2, 0.25) is 0 Å². The molecule has 0 saturated carbocycles. The van der Waals surface area contributed by atoms with Crippen molar-refractivity contribution in [1.29, 1.82) is 0 Å². The van der Waals surface area contributed by atoms with Gasteiger partial charge >= 0.3 is 0 Å². The third-order valence-corrected chi connectivity index (χ3v) is 7.13. The van der Waals surface area contributed by atoms with Crippen LogP contribution in [0.15, 0.2) is 35.2 Å². The SMILES string of the molecule is O=S(=O)(CCCN1CCN(CC2CCOCC2)CC1)c1ccccc1. The van der Waals surface area contributed by atoms with Gasteiger partial charge in [0.25, 0.3) is 0 Å². The van der Waals surface area contributed by atoms with Gasteiger partial charge < -0.3 is 14.5 Å². The van der Waals surface area contributed by atoms with Gasteiger partial charge in [-0.15, -0.1) is 0 Å². The van der Waals surface area contributed by atoms with Gasteiger partial charge in [-0.1, -0.05) is 18.2 Å². The molecule has 0 amide bonds. The van der Waals surface area contributed by atoms with Crippen LogP contribution in [0, 0.1) is 5.92 Å². The molecule has 1 aromatic carbocycles. The van der Waals surface area contributed by atoms with Crippen molar-refractivity contribution in [1.82, 2.24) is 9.80 Å². The standard InChI is InChI=1S/C19H30N2O3S/c22-25(23,19-5-2-1-3-6-19)16-4-9-20-10-12-21(13-11-20)17-18-7-14-24-15-8-18/h1-3,5-6,18H,4,7-17H2. The summed E-state index contributed by atoms with van der Waals surface area (Å²) in [4.78, 5) is 5.41. The molecule has 0 N–H and O–H groups in total. The molecule has 0 unspecified atom stereocenters. The quantitative estimate of drug-likeness (QED) is 0.738. The fourth-order valence-corrected chi connectivity index (χ4v) is 5.03. The molecule has 1 aromatic rings. The van der Waals surface area contributed by atoms with Crippen molar-refractivity contribution in [3.05, 3.63) is 30.3 Å². The number of nitrogens with zero attached hydrogens (tertiary/aromatic N) is 2. The highest BCUT2D eigenvalue weighted by molar-refractivity contribution is 7.91. The zero-order valence-electron chi connectivity index (χ0n) is 15.0. The molecule has 3 rings (SSSR count). The molecule has 0 radical (unpaired) electrons. The highest BCUT2D eigenvalue weighted by Gasteiger charge is 2.22. The van der Waals surface area contributed by atoms with Gasteiger partial charge in [0.15, 0.2) is 9.84 Å². The van der Waals surface area contributed by atoms with Crippen LogP contribution >= 0.6 is 0 Å². The number of ether oxygens (including phenoxy) is 1. The van der Waals surface area contributed by atoms with Crippen molar-refractivity contribution >= 4 is 9.84 Å². The largest absolute Gasteiger partial charge is 0.381 e. The van der Waals surface area contributed by atoms with Crippen molar-refractivity contribution in [3.8, 4) is 0 Å². The number of piperazine rings is 1. The van der Waals surface area contributed by atoms with E-state index in [2.05, 4.69) is 9.80 Å². The van der Waals surface area contributed by atoms with Gasteiger partial charge in [-0.2, -0.15) is 0 Å². The van der Waals surface area contributed by atoms with Crippen LogP contribution < -0.4 is 0 Å². The summed E-state index contributed by atoms with van der Waals surface area (Å²) < 4.78 is 30.1. The van der Waals surface area contributed by atoms with E-state index in [9.17, 15) is 8.42 Å². The van der Waals surface area contributed by atoms with Crippen LogP contribution in [0.4, 0.5) is 0 Å². The van der Waals surface area contributed by atoms with Gasteiger partial charge in [-0.05, 0) is 43.9 Å². The van der Waals surface area contributed by atoms with Gasteiger partial charge in [0.05, 0.1) is 10.6 Å². The highest BCUT2D eigenvalue weighted by atomic mass is 32.2. The second-order valence-corrected chi connectivity index (χ2v) is 9.29. The predicted octanol–water partition coefficient (Wildman–Crippen LogP) is 1.89. The van der Waals surface area contributed by atoms with Crippen molar-refractivity contribution in [2.45, 2.75) is 24.2 Å². The van der Waals surface area contributed by atoms with E-state index in [4.69, 9.17) is 4.74 Å². The van der Waals surface area contributed by atoms with E-state index in [1.165, 1.54) is 19.4 Å². The maximum atomic E-state index is 12.3. The van der Waals surface area contributed by atoms with Crippen LogP contribution in [0.25, 0.3) is 0 Å². The van der Waals surface area contributed by atoms with Crippen molar-refractivity contribution < 1.29 is 13.2 Å². The fraction of sp³-hybridized carbons (Fsp3) is 0.684. The molecule has 0 bridgehead atoms. The number of benzene rings is 1. The molecule has 140 valence electrons. The Morgan fingerprint density at radius 3 is 2.28 bits per heavy atom. The Morgan fingerprint density at radius 1 is 0.960 bits per heavy atom. The lowest BCUT2D eigenvalue weighted by Gasteiger charge is -2.37. The van der Waals surface area contributed by atoms with E-state index in [-0.39, 0.29) is 5.75 Å². The van der Waals surface area contributed by atoms with E-state index in [0.717, 1.165) is 51.9 Å². The molecular formula is C19H30N2O3S. The Hall–Kier alpha value is -0.950. The highest BCUT2D eigenvalue weighted by Crippen LogP contribution is 2.17. The molecule has 0 aromatic heterocycles. The van der Waals surface area contributed by atoms with E-state index < -0.39 is 9.84 Å². The summed E-state index contributed by atoms with van der Waals surface area (Å²) >= 11 is 0. The zero-order valence-corrected chi connectivity index (χ0v) is 15.8. The van der Waals surface area contributed by atoms with Crippen LogP contribution in [-0.2, 0) is 14.6 Å². The molecule has 5 nitrogen and oxygen atoms in total. The zero-order chi connectivity index (χ0) is 17.5. The number of hydrogen-bond donors (Lipinski definition) is 0. The Balaban J connectivity index is 1.35. The second kappa shape index (κ2) is 9.12. The first kappa shape index (κ1) is 18.8. The second-order valence-electron chi connectivity index (χ2n) is 7.18. The Bertz CT molecular complexity index is 607. The number of sulfone groups is 1. The van der Waals surface area contributed by atoms with Crippen molar-refractivity contribution in [3.63, 3.8) is 0 Å². The molecule has 2 saturated heterocycles. The molecule has 0 spiro atoms. The van der Waals surface area contributed by atoms with E-state index in [1.54, 1.807) is 24.3 Å². The van der Waals surface area contributed by atoms with Gasteiger partial charge in [0.1, 0.15) is 0 Å². The van der Waals surface area contributed by atoms with Gasteiger partial charge in [-0.25, -0.2) is 8.42 Å². The maximum absolute atomic E-state index is 12.3. The van der Waals surface area contributed by atoms with Gasteiger partial charge in [-0.3, -0.25) is 0 Å². The van der Waals surface area contributed by atoms with Crippen molar-refractivity contribution in [2.75, 3.05) is 58.2 Å². The van der Waals surface area contributed by atoms with E-state index >= 15 is 0 Å². The summed E-state index contributed by atoms with van der Waals surface area (Å²) in [6.45, 7) is 8.20. The molecule has 2 aliphatic rings. The predicted molar refractivity (Wildman–Crippen MR) is 99.5 cm³/mol. The maximum Gasteiger partial charge on any atom is 0.178 e. The molecule has 2 aliphatic heterocycles. The lowest BCUT2D eigenvalue weighted by atomic mass is 9.99. The summed E-state index contributed by atoms with van der Waals surface area (Å²) in [6, 6.07) is 8.78.